The third-order valence-corrected chi connectivity index (χ3v) is 5.77. The van der Waals surface area contributed by atoms with Crippen LogP contribution in [0.5, 0.6) is 5.75 Å². The van der Waals surface area contributed by atoms with Gasteiger partial charge in [0.1, 0.15) is 17.1 Å². The van der Waals surface area contributed by atoms with E-state index in [1.54, 1.807) is 23.5 Å². The summed E-state index contributed by atoms with van der Waals surface area (Å²) in [7, 11) is 0. The van der Waals surface area contributed by atoms with E-state index in [0.717, 1.165) is 52.9 Å². The van der Waals surface area contributed by atoms with Crippen molar-refractivity contribution in [1.29, 1.82) is 0 Å². The molecule has 0 spiro atoms. The highest BCUT2D eigenvalue weighted by molar-refractivity contribution is 7.12. The number of phenolic OH excluding ortho intramolecular Hbond substituents is 1. The lowest BCUT2D eigenvalue weighted by atomic mass is 9.94. The highest BCUT2D eigenvalue weighted by Crippen LogP contribution is 2.36. The molecule has 150 valence electrons. The van der Waals surface area contributed by atoms with Crippen LogP contribution in [0.25, 0.3) is 11.0 Å². The molecule has 0 saturated carbocycles. The number of carbonyl (C=O) groups is 1. The van der Waals surface area contributed by atoms with Crippen molar-refractivity contribution in [3.05, 3.63) is 51.4 Å². The first kappa shape index (κ1) is 19.2. The Balaban J connectivity index is 1.42. The largest absolute Gasteiger partial charge is 0.507 e. The molecule has 7 nitrogen and oxygen atoms in total. The molecule has 0 atom stereocenters. The Labute approximate surface area is 171 Å². The second kappa shape index (κ2) is 8.48. The summed E-state index contributed by atoms with van der Waals surface area (Å²) in [6.45, 7) is 1.56. The summed E-state index contributed by atoms with van der Waals surface area (Å²) in [4.78, 5) is 18.0. The van der Waals surface area contributed by atoms with Gasteiger partial charge in [-0.1, -0.05) is 11.2 Å². The normalized spacial score (nSPS) is 14.3. The zero-order chi connectivity index (χ0) is 20.2. The van der Waals surface area contributed by atoms with Crippen LogP contribution < -0.4 is 5.43 Å². The number of phenols is 1. The number of rotatable bonds is 6. The van der Waals surface area contributed by atoms with E-state index in [-0.39, 0.29) is 12.4 Å². The summed E-state index contributed by atoms with van der Waals surface area (Å²) >= 11 is 1.55. The number of aromatic hydroxyl groups is 1. The fraction of sp³-hybridized carbons (Fsp3) is 0.286. The molecule has 0 aliphatic heterocycles. The van der Waals surface area contributed by atoms with Crippen molar-refractivity contribution < 1.29 is 19.2 Å². The summed E-state index contributed by atoms with van der Waals surface area (Å²) in [6.07, 6.45) is 5.45. The molecule has 0 unspecified atom stereocenters. The van der Waals surface area contributed by atoms with Gasteiger partial charge >= 0.3 is 0 Å². The van der Waals surface area contributed by atoms with Gasteiger partial charge in [0.25, 0.3) is 5.91 Å². The van der Waals surface area contributed by atoms with Gasteiger partial charge in [0.15, 0.2) is 6.61 Å². The number of carbonyl (C=O) groups excluding carboxylic acids is 1. The number of hydrogen-bond donors (Lipinski definition) is 2. The Morgan fingerprint density at radius 1 is 1.34 bits per heavy atom. The molecular formula is C21H21N3O4S. The van der Waals surface area contributed by atoms with E-state index in [1.165, 1.54) is 6.21 Å². The number of hydrogen-bond acceptors (Lipinski definition) is 7. The molecule has 4 rings (SSSR count). The third-order valence-electron chi connectivity index (χ3n) is 4.79. The van der Waals surface area contributed by atoms with Crippen LogP contribution in [0, 0.1) is 0 Å². The van der Waals surface area contributed by atoms with Gasteiger partial charge in [-0.3, -0.25) is 4.79 Å². The molecule has 29 heavy (non-hydrogen) atoms. The fourth-order valence-corrected chi connectivity index (χ4v) is 4.09. The number of thiophene rings is 1. The van der Waals surface area contributed by atoms with Crippen LogP contribution in [0.4, 0.5) is 0 Å². The van der Waals surface area contributed by atoms with Crippen LogP contribution in [-0.4, -0.2) is 29.5 Å². The molecule has 2 heterocycles. The summed E-state index contributed by atoms with van der Waals surface area (Å²) in [5.74, 6) is 0.630. The number of fused-ring (bicyclic) bond motifs is 3. The second-order valence-corrected chi connectivity index (χ2v) is 7.75. The molecule has 0 fully saturated rings. The van der Waals surface area contributed by atoms with Gasteiger partial charge in [0.05, 0.1) is 16.8 Å². The maximum atomic E-state index is 11.9. The van der Waals surface area contributed by atoms with E-state index in [9.17, 15) is 9.90 Å². The molecule has 2 N–H and O–H groups in total. The van der Waals surface area contributed by atoms with Crippen LogP contribution >= 0.6 is 11.3 Å². The summed E-state index contributed by atoms with van der Waals surface area (Å²) in [6, 6.07) is 7.19. The van der Waals surface area contributed by atoms with Crippen LogP contribution in [0.3, 0.4) is 0 Å². The summed E-state index contributed by atoms with van der Waals surface area (Å²) in [5, 5.41) is 21.0. The van der Waals surface area contributed by atoms with Crippen molar-refractivity contribution in [3.63, 3.8) is 0 Å². The van der Waals surface area contributed by atoms with E-state index in [0.29, 0.717) is 11.3 Å². The summed E-state index contributed by atoms with van der Waals surface area (Å²) in [5.41, 5.74) is 5.50. The standard InChI is InChI=1S/C21H21N3O4S/c1-13(19-7-4-10-29-19)24-27-12-20(26)23-22-11-15-16(25)8-9-18-21(15)14-5-2-3-6-17(14)28-18/h4,7-11,25H,2-3,5-6,12H2,1H3,(H,23,26). The zero-order valence-corrected chi connectivity index (χ0v) is 16.8. The van der Waals surface area contributed by atoms with E-state index in [1.807, 2.05) is 24.4 Å². The van der Waals surface area contributed by atoms with Gasteiger partial charge in [-0.05, 0) is 49.8 Å². The van der Waals surface area contributed by atoms with Crippen molar-refractivity contribution in [2.45, 2.75) is 32.6 Å². The van der Waals surface area contributed by atoms with Gasteiger partial charge in [-0.2, -0.15) is 5.10 Å². The minimum atomic E-state index is -0.440. The fourth-order valence-electron chi connectivity index (χ4n) is 3.42. The molecule has 1 amide bonds. The van der Waals surface area contributed by atoms with E-state index >= 15 is 0 Å². The Kier molecular flexibility index (Phi) is 5.62. The molecule has 0 radical (unpaired) electrons. The smallest absolute Gasteiger partial charge is 0.280 e. The Bertz CT molecular complexity index is 1080. The first-order valence-electron chi connectivity index (χ1n) is 9.42. The second-order valence-electron chi connectivity index (χ2n) is 6.80. The SMILES string of the molecule is CC(=NOCC(=O)NN=Cc1c(O)ccc2oc3c(c12)CCCC3)c1cccs1. The number of nitrogens with zero attached hydrogens (tertiary/aromatic N) is 2. The van der Waals surface area contributed by atoms with Gasteiger partial charge in [0, 0.05) is 22.9 Å². The van der Waals surface area contributed by atoms with E-state index < -0.39 is 5.91 Å². The predicted molar refractivity (Wildman–Crippen MR) is 113 cm³/mol. The average Bonchev–Trinajstić information content (AvgIpc) is 3.37. The maximum absolute atomic E-state index is 11.9. The lowest BCUT2D eigenvalue weighted by Gasteiger charge is -2.09. The third kappa shape index (κ3) is 4.17. The minimum absolute atomic E-state index is 0.0945. The van der Waals surface area contributed by atoms with Crippen molar-refractivity contribution >= 4 is 40.1 Å². The van der Waals surface area contributed by atoms with Crippen LogP contribution in [-0.2, 0) is 22.5 Å². The quantitative estimate of drug-likeness (QED) is 0.474. The van der Waals surface area contributed by atoms with Gasteiger partial charge in [0.2, 0.25) is 0 Å². The number of furan rings is 1. The van der Waals surface area contributed by atoms with Crippen molar-refractivity contribution in [3.8, 4) is 5.75 Å². The molecule has 0 bridgehead atoms. The molecule has 3 aromatic rings. The molecular weight excluding hydrogens is 390 g/mol. The molecule has 1 aliphatic carbocycles. The zero-order valence-electron chi connectivity index (χ0n) is 16.0. The monoisotopic (exact) mass is 411 g/mol. The van der Waals surface area contributed by atoms with Gasteiger partial charge < -0.3 is 14.4 Å². The van der Waals surface area contributed by atoms with Crippen molar-refractivity contribution in [2.24, 2.45) is 10.3 Å². The molecule has 0 saturated heterocycles. The lowest BCUT2D eigenvalue weighted by molar-refractivity contribution is -0.125. The average molecular weight is 411 g/mol. The van der Waals surface area contributed by atoms with Crippen molar-refractivity contribution in [1.82, 2.24) is 5.43 Å². The van der Waals surface area contributed by atoms with Crippen molar-refractivity contribution in [2.75, 3.05) is 6.61 Å². The summed E-state index contributed by atoms with van der Waals surface area (Å²) < 4.78 is 5.93. The molecule has 8 heteroatoms. The molecule has 1 aromatic carbocycles. The predicted octanol–water partition coefficient (Wildman–Crippen LogP) is 3.97. The number of aryl methyl sites for hydroxylation is 2. The number of nitrogens with one attached hydrogen (secondary N) is 1. The lowest BCUT2D eigenvalue weighted by Crippen LogP contribution is -2.22. The van der Waals surface area contributed by atoms with Crippen LogP contribution in [0.15, 0.2) is 44.3 Å². The molecule has 1 aliphatic rings. The Morgan fingerprint density at radius 2 is 2.21 bits per heavy atom. The number of amides is 1. The first-order chi connectivity index (χ1) is 14.1. The minimum Gasteiger partial charge on any atom is -0.507 e. The highest BCUT2D eigenvalue weighted by atomic mass is 32.1. The van der Waals surface area contributed by atoms with E-state index in [4.69, 9.17) is 9.25 Å². The van der Waals surface area contributed by atoms with Gasteiger partial charge in [-0.15, -0.1) is 11.3 Å². The molecule has 2 aromatic heterocycles. The maximum Gasteiger partial charge on any atom is 0.280 e. The number of hydrazone groups is 1. The highest BCUT2D eigenvalue weighted by Gasteiger charge is 2.21. The number of benzene rings is 1. The van der Waals surface area contributed by atoms with Crippen LogP contribution in [0.2, 0.25) is 0 Å². The Hall–Kier alpha value is -3.13. The Morgan fingerprint density at radius 3 is 3.03 bits per heavy atom. The topological polar surface area (TPSA) is 96.4 Å². The van der Waals surface area contributed by atoms with E-state index in [2.05, 4.69) is 15.7 Å². The van der Waals surface area contributed by atoms with Crippen LogP contribution in [0.1, 0.15) is 41.5 Å². The van der Waals surface area contributed by atoms with Gasteiger partial charge in [-0.25, -0.2) is 5.43 Å². The number of oxime groups is 1. The first-order valence-corrected chi connectivity index (χ1v) is 10.3.